The molecule has 1 heterocycles. The number of aromatic amines is 1. The van der Waals surface area contributed by atoms with E-state index < -0.39 is 15.0 Å². The minimum absolute atomic E-state index is 0.0733. The molecule has 0 spiro atoms. The zero-order valence-corrected chi connectivity index (χ0v) is 10.3. The highest BCUT2D eigenvalue weighted by Gasteiger charge is 2.18. The number of benzene rings is 1. The second kappa shape index (κ2) is 3.75. The fourth-order valence-electron chi connectivity index (χ4n) is 1.66. The van der Waals surface area contributed by atoms with Gasteiger partial charge in [-0.15, -0.1) is 0 Å². The predicted molar refractivity (Wildman–Crippen MR) is 63.0 cm³/mol. The number of nitrogens with one attached hydrogen (secondary N) is 1. The highest BCUT2D eigenvalue weighted by molar-refractivity contribution is 8.14. The zero-order valence-electron chi connectivity index (χ0n) is 8.69. The summed E-state index contributed by atoms with van der Waals surface area (Å²) >= 11 is 0. The number of fused-ring (bicyclic) bond motifs is 1. The van der Waals surface area contributed by atoms with Gasteiger partial charge in [0.25, 0.3) is 9.05 Å². The molecular formula is C10H8ClNO4S. The molecule has 0 aliphatic rings. The Morgan fingerprint density at radius 3 is 2.59 bits per heavy atom. The molecule has 2 N–H and O–H groups in total. The van der Waals surface area contributed by atoms with Gasteiger partial charge in [-0.1, -0.05) is 6.07 Å². The number of H-pyrrole nitrogens is 1. The van der Waals surface area contributed by atoms with Crippen molar-refractivity contribution in [2.24, 2.45) is 0 Å². The molecule has 0 atom stereocenters. The highest BCUT2D eigenvalue weighted by Crippen LogP contribution is 2.28. The molecule has 7 heteroatoms. The van der Waals surface area contributed by atoms with Crippen LogP contribution in [0.3, 0.4) is 0 Å². The van der Waals surface area contributed by atoms with Crippen molar-refractivity contribution in [3.63, 3.8) is 0 Å². The summed E-state index contributed by atoms with van der Waals surface area (Å²) in [5, 5.41) is 9.15. The number of aromatic carboxylic acids is 1. The molecule has 0 amide bonds. The van der Waals surface area contributed by atoms with Gasteiger partial charge in [-0.05, 0) is 24.6 Å². The van der Waals surface area contributed by atoms with Gasteiger partial charge in [-0.25, -0.2) is 13.2 Å². The lowest BCUT2D eigenvalue weighted by Crippen LogP contribution is -1.94. The maximum atomic E-state index is 11.3. The first-order chi connectivity index (χ1) is 7.80. The minimum atomic E-state index is -3.90. The molecule has 17 heavy (non-hydrogen) atoms. The van der Waals surface area contributed by atoms with Crippen LogP contribution in [0.25, 0.3) is 10.9 Å². The number of hydrogen-bond acceptors (Lipinski definition) is 3. The third-order valence-corrected chi connectivity index (χ3v) is 3.84. The Balaban J connectivity index is 2.90. The molecule has 5 nitrogen and oxygen atoms in total. The van der Waals surface area contributed by atoms with Gasteiger partial charge in [0.05, 0.1) is 10.4 Å². The van der Waals surface area contributed by atoms with Crippen molar-refractivity contribution in [2.75, 3.05) is 0 Å². The van der Waals surface area contributed by atoms with Crippen molar-refractivity contribution in [1.29, 1.82) is 0 Å². The Kier molecular flexibility index (Phi) is 2.63. The average Bonchev–Trinajstić information content (AvgIpc) is 2.61. The van der Waals surface area contributed by atoms with Gasteiger partial charge in [0.1, 0.15) is 5.69 Å². The number of carboxylic acids is 1. The third-order valence-electron chi connectivity index (χ3n) is 2.46. The van der Waals surface area contributed by atoms with Gasteiger partial charge >= 0.3 is 5.97 Å². The minimum Gasteiger partial charge on any atom is -0.477 e. The molecule has 0 radical (unpaired) electrons. The number of hydrogen-bond donors (Lipinski definition) is 2. The van der Waals surface area contributed by atoms with Gasteiger partial charge in [0.15, 0.2) is 0 Å². The van der Waals surface area contributed by atoms with Crippen LogP contribution in [0.1, 0.15) is 16.1 Å². The van der Waals surface area contributed by atoms with E-state index >= 15 is 0 Å². The molecule has 1 aromatic carbocycles. The van der Waals surface area contributed by atoms with Crippen molar-refractivity contribution >= 4 is 36.6 Å². The van der Waals surface area contributed by atoms with E-state index in [4.69, 9.17) is 15.8 Å². The van der Waals surface area contributed by atoms with Gasteiger partial charge in [-0.2, -0.15) is 0 Å². The third kappa shape index (κ3) is 2.01. The Morgan fingerprint density at radius 1 is 1.41 bits per heavy atom. The summed E-state index contributed by atoms with van der Waals surface area (Å²) < 4.78 is 22.7. The molecule has 0 aliphatic heterocycles. The topological polar surface area (TPSA) is 87.2 Å². The second-order valence-corrected chi connectivity index (χ2v) is 6.13. The fraction of sp³-hybridized carbons (Fsp3) is 0.100. The molecule has 0 unspecified atom stereocenters. The maximum absolute atomic E-state index is 11.3. The van der Waals surface area contributed by atoms with E-state index in [0.29, 0.717) is 5.52 Å². The van der Waals surface area contributed by atoms with E-state index in [9.17, 15) is 13.2 Å². The monoisotopic (exact) mass is 273 g/mol. The van der Waals surface area contributed by atoms with E-state index in [1.165, 1.54) is 12.1 Å². The first-order valence-electron chi connectivity index (χ1n) is 4.61. The fourth-order valence-corrected chi connectivity index (χ4v) is 2.72. The van der Waals surface area contributed by atoms with Crippen LogP contribution in [0, 0.1) is 6.92 Å². The smallest absolute Gasteiger partial charge is 0.352 e. The molecule has 0 aliphatic carbocycles. The zero-order chi connectivity index (χ0) is 12.8. The van der Waals surface area contributed by atoms with Gasteiger partial charge in [0, 0.05) is 16.1 Å². The molecule has 2 aromatic rings. The first kappa shape index (κ1) is 11.9. The van der Waals surface area contributed by atoms with Crippen LogP contribution in [0.4, 0.5) is 0 Å². The summed E-state index contributed by atoms with van der Waals surface area (Å²) in [6, 6.07) is 4.19. The Hall–Kier alpha value is -1.53. The lowest BCUT2D eigenvalue weighted by atomic mass is 10.2. The van der Waals surface area contributed by atoms with Gasteiger partial charge in [-0.3, -0.25) is 0 Å². The Labute approximate surface area is 101 Å². The number of aromatic nitrogens is 1. The lowest BCUT2D eigenvalue weighted by molar-refractivity contribution is 0.0691. The predicted octanol–water partition coefficient (Wildman–Crippen LogP) is 2.10. The highest BCUT2D eigenvalue weighted by atomic mass is 35.7. The van der Waals surface area contributed by atoms with Crippen LogP contribution in [0.2, 0.25) is 0 Å². The quantitative estimate of drug-likeness (QED) is 0.820. The number of halogens is 1. The number of aryl methyl sites for hydroxylation is 1. The van der Waals surface area contributed by atoms with Crippen molar-refractivity contribution < 1.29 is 18.3 Å². The molecule has 1 aromatic heterocycles. The molecule has 0 saturated heterocycles. The van der Waals surface area contributed by atoms with E-state index in [1.807, 2.05) is 0 Å². The number of carboxylic acid groups (broad SMARTS) is 1. The molecule has 90 valence electrons. The molecule has 0 fully saturated rings. The van der Waals surface area contributed by atoms with Crippen LogP contribution in [-0.4, -0.2) is 24.5 Å². The van der Waals surface area contributed by atoms with Gasteiger partial charge in [0.2, 0.25) is 0 Å². The van der Waals surface area contributed by atoms with Crippen LogP contribution < -0.4 is 0 Å². The van der Waals surface area contributed by atoms with Crippen molar-refractivity contribution in [2.45, 2.75) is 11.8 Å². The standard InChI is InChI=1S/C10H8ClNO4S/c1-5-2-3-8(17(11,15)16)6-4-7(10(13)14)12-9(5)6/h2-4,12H,1H3,(H,13,14). The summed E-state index contributed by atoms with van der Waals surface area (Å²) in [4.78, 5) is 13.4. The maximum Gasteiger partial charge on any atom is 0.352 e. The normalized spacial score (nSPS) is 11.9. The SMILES string of the molecule is Cc1ccc(S(=O)(=O)Cl)c2cc(C(=O)O)[nH]c12. The first-order valence-corrected chi connectivity index (χ1v) is 6.92. The summed E-state index contributed by atoms with van der Waals surface area (Å²) in [6.07, 6.45) is 0. The molecule has 0 bridgehead atoms. The Morgan fingerprint density at radius 2 is 2.06 bits per heavy atom. The number of rotatable bonds is 2. The largest absolute Gasteiger partial charge is 0.477 e. The van der Waals surface area contributed by atoms with Gasteiger partial charge < -0.3 is 10.1 Å². The Bertz CT molecular complexity index is 717. The van der Waals surface area contributed by atoms with Crippen molar-refractivity contribution in [3.8, 4) is 0 Å². The summed E-state index contributed by atoms with van der Waals surface area (Å²) in [6.45, 7) is 1.75. The van der Waals surface area contributed by atoms with Crippen LogP contribution in [0.5, 0.6) is 0 Å². The lowest BCUT2D eigenvalue weighted by Gasteiger charge is -2.00. The van der Waals surface area contributed by atoms with Crippen molar-refractivity contribution in [3.05, 3.63) is 29.5 Å². The summed E-state index contributed by atoms with van der Waals surface area (Å²) in [5.41, 5.74) is 1.14. The summed E-state index contributed by atoms with van der Waals surface area (Å²) in [7, 11) is 1.39. The molecule has 0 saturated carbocycles. The molecular weight excluding hydrogens is 266 g/mol. The second-order valence-electron chi connectivity index (χ2n) is 3.60. The van der Waals surface area contributed by atoms with Crippen LogP contribution in [-0.2, 0) is 9.05 Å². The number of carbonyl (C=O) groups is 1. The summed E-state index contributed by atoms with van der Waals surface area (Å²) in [5.74, 6) is -1.15. The van der Waals surface area contributed by atoms with Crippen LogP contribution in [0.15, 0.2) is 23.1 Å². The van der Waals surface area contributed by atoms with E-state index in [2.05, 4.69) is 4.98 Å². The van der Waals surface area contributed by atoms with E-state index in [1.54, 1.807) is 13.0 Å². The van der Waals surface area contributed by atoms with Crippen LogP contribution >= 0.6 is 10.7 Å². The van der Waals surface area contributed by atoms with E-state index in [0.717, 1.165) is 5.56 Å². The average molecular weight is 274 g/mol. The molecule has 2 rings (SSSR count). The van der Waals surface area contributed by atoms with E-state index in [-0.39, 0.29) is 16.0 Å². The van der Waals surface area contributed by atoms with Crippen molar-refractivity contribution in [1.82, 2.24) is 4.98 Å².